The average Bonchev–Trinajstić information content (AvgIpc) is 1.83. The van der Waals surface area contributed by atoms with E-state index in [4.69, 9.17) is 15.8 Å². The Morgan fingerprint density at radius 1 is 1.50 bits per heavy atom. The smallest absolute Gasteiger partial charge is 0.150 e. The number of rotatable bonds is 6. The van der Waals surface area contributed by atoms with Crippen LogP contribution >= 0.6 is 11.1 Å². The zero-order chi connectivity index (χ0) is 9.61. The summed E-state index contributed by atoms with van der Waals surface area (Å²) in [6, 6.07) is 1.13. The van der Waals surface area contributed by atoms with Crippen LogP contribution in [0.3, 0.4) is 0 Å². The standard InChI is InChI=1S/C9H19ClOSi/c1-9(2)8-11-6-5-7-12(3,4)10/h1,5-8H2,2-4H3. The molecule has 0 aromatic rings. The summed E-state index contributed by atoms with van der Waals surface area (Å²) in [5, 5.41) is 0. The summed E-state index contributed by atoms with van der Waals surface area (Å²) in [5.74, 6) is 0. The molecule has 3 heteroatoms. The zero-order valence-corrected chi connectivity index (χ0v) is 10.1. The van der Waals surface area contributed by atoms with Crippen molar-refractivity contribution in [3.8, 4) is 0 Å². The van der Waals surface area contributed by atoms with Gasteiger partial charge >= 0.3 is 0 Å². The lowest BCUT2D eigenvalue weighted by molar-refractivity contribution is 0.157. The van der Waals surface area contributed by atoms with Gasteiger partial charge in [-0.1, -0.05) is 25.2 Å². The molecule has 0 amide bonds. The van der Waals surface area contributed by atoms with Crippen molar-refractivity contribution in [2.24, 2.45) is 0 Å². The molecule has 0 radical (unpaired) electrons. The summed E-state index contributed by atoms with van der Waals surface area (Å²) in [7, 11) is -1.36. The van der Waals surface area contributed by atoms with Crippen molar-refractivity contribution in [3.63, 3.8) is 0 Å². The fourth-order valence-electron chi connectivity index (χ4n) is 0.841. The predicted molar refractivity (Wildman–Crippen MR) is 58.4 cm³/mol. The lowest BCUT2D eigenvalue weighted by Crippen LogP contribution is -2.16. The Kier molecular flexibility index (Phi) is 5.88. The second-order valence-corrected chi connectivity index (χ2v) is 10.8. The highest BCUT2D eigenvalue weighted by atomic mass is 35.6. The minimum absolute atomic E-state index is 0.685. The highest BCUT2D eigenvalue weighted by molar-refractivity contribution is 7.19. The topological polar surface area (TPSA) is 9.23 Å². The maximum absolute atomic E-state index is 6.14. The van der Waals surface area contributed by atoms with Crippen LogP contribution in [0.15, 0.2) is 12.2 Å². The van der Waals surface area contributed by atoms with Crippen LogP contribution in [0, 0.1) is 0 Å². The molecule has 0 rings (SSSR count). The van der Waals surface area contributed by atoms with E-state index >= 15 is 0 Å². The lowest BCUT2D eigenvalue weighted by atomic mass is 10.4. The van der Waals surface area contributed by atoms with E-state index < -0.39 is 7.38 Å². The van der Waals surface area contributed by atoms with E-state index in [0.717, 1.165) is 24.6 Å². The van der Waals surface area contributed by atoms with E-state index in [1.807, 2.05) is 6.92 Å². The van der Waals surface area contributed by atoms with E-state index in [9.17, 15) is 0 Å². The molecule has 0 aliphatic rings. The molecule has 0 unspecified atom stereocenters. The first-order valence-electron chi connectivity index (χ1n) is 4.33. The molecular weight excluding hydrogens is 188 g/mol. The fourth-order valence-corrected chi connectivity index (χ4v) is 2.23. The third kappa shape index (κ3) is 10.2. The molecular formula is C9H19ClOSi. The van der Waals surface area contributed by atoms with Crippen LogP contribution in [-0.4, -0.2) is 20.6 Å². The van der Waals surface area contributed by atoms with Gasteiger partial charge in [-0.3, -0.25) is 0 Å². The van der Waals surface area contributed by atoms with Gasteiger partial charge in [0.2, 0.25) is 0 Å². The van der Waals surface area contributed by atoms with Crippen molar-refractivity contribution in [2.75, 3.05) is 13.2 Å². The molecule has 12 heavy (non-hydrogen) atoms. The summed E-state index contributed by atoms with van der Waals surface area (Å²) >= 11 is 6.14. The average molecular weight is 207 g/mol. The van der Waals surface area contributed by atoms with E-state index in [2.05, 4.69) is 19.7 Å². The van der Waals surface area contributed by atoms with Crippen LogP contribution in [0.1, 0.15) is 13.3 Å². The Bertz CT molecular complexity index is 140. The number of halogens is 1. The lowest BCUT2D eigenvalue weighted by Gasteiger charge is -2.12. The Labute approximate surface area is 81.5 Å². The third-order valence-electron chi connectivity index (χ3n) is 1.41. The van der Waals surface area contributed by atoms with Crippen molar-refractivity contribution in [1.29, 1.82) is 0 Å². The Balaban J connectivity index is 3.17. The summed E-state index contributed by atoms with van der Waals surface area (Å²) in [6.07, 6.45) is 1.08. The monoisotopic (exact) mass is 206 g/mol. The summed E-state index contributed by atoms with van der Waals surface area (Å²) in [6.45, 7) is 11.6. The highest BCUT2D eigenvalue weighted by Gasteiger charge is 2.15. The number of hydrogen-bond donors (Lipinski definition) is 0. The van der Waals surface area contributed by atoms with Crippen molar-refractivity contribution >= 4 is 18.5 Å². The molecule has 0 atom stereocenters. The van der Waals surface area contributed by atoms with Crippen LogP contribution in [0.25, 0.3) is 0 Å². The van der Waals surface area contributed by atoms with Crippen molar-refractivity contribution in [3.05, 3.63) is 12.2 Å². The number of hydrogen-bond acceptors (Lipinski definition) is 1. The van der Waals surface area contributed by atoms with Gasteiger partial charge < -0.3 is 4.74 Å². The molecule has 0 aliphatic carbocycles. The highest BCUT2D eigenvalue weighted by Crippen LogP contribution is 2.15. The maximum atomic E-state index is 6.14. The van der Waals surface area contributed by atoms with Crippen LogP contribution < -0.4 is 0 Å². The number of ether oxygens (including phenoxy) is 1. The molecule has 0 aromatic heterocycles. The normalized spacial score (nSPS) is 11.7. The largest absolute Gasteiger partial charge is 0.377 e. The molecule has 1 nitrogen and oxygen atoms in total. The van der Waals surface area contributed by atoms with Gasteiger partial charge in [-0.2, -0.15) is 11.1 Å². The molecule has 0 heterocycles. The molecule has 0 saturated heterocycles. The van der Waals surface area contributed by atoms with Crippen molar-refractivity contribution in [2.45, 2.75) is 32.5 Å². The fraction of sp³-hybridized carbons (Fsp3) is 0.778. The molecule has 0 spiro atoms. The first-order valence-corrected chi connectivity index (χ1v) is 8.55. The van der Waals surface area contributed by atoms with Crippen LogP contribution in [0.5, 0.6) is 0 Å². The molecule has 0 aliphatic heterocycles. The summed E-state index contributed by atoms with van der Waals surface area (Å²) in [4.78, 5) is 0. The molecule has 72 valence electrons. The first-order chi connectivity index (χ1) is 5.42. The van der Waals surface area contributed by atoms with E-state index in [1.54, 1.807) is 0 Å². The van der Waals surface area contributed by atoms with Crippen LogP contribution in [0.2, 0.25) is 19.1 Å². The summed E-state index contributed by atoms with van der Waals surface area (Å²) < 4.78 is 5.35. The van der Waals surface area contributed by atoms with Gasteiger partial charge in [0, 0.05) is 6.61 Å². The Morgan fingerprint density at radius 3 is 2.50 bits per heavy atom. The third-order valence-corrected chi connectivity index (χ3v) is 3.52. The second kappa shape index (κ2) is 5.78. The Morgan fingerprint density at radius 2 is 2.08 bits per heavy atom. The van der Waals surface area contributed by atoms with Gasteiger partial charge in [0.1, 0.15) is 0 Å². The van der Waals surface area contributed by atoms with E-state index in [-0.39, 0.29) is 0 Å². The Hall–Kier alpha value is 0.207. The second-order valence-electron chi connectivity index (χ2n) is 3.83. The molecule has 0 fully saturated rings. The van der Waals surface area contributed by atoms with E-state index in [1.165, 1.54) is 0 Å². The minimum atomic E-state index is -1.36. The SMILES string of the molecule is C=C(C)COCCC[Si](C)(C)Cl. The van der Waals surface area contributed by atoms with Crippen molar-refractivity contribution in [1.82, 2.24) is 0 Å². The minimum Gasteiger partial charge on any atom is -0.377 e. The quantitative estimate of drug-likeness (QED) is 0.280. The van der Waals surface area contributed by atoms with Gasteiger partial charge in [0.25, 0.3) is 0 Å². The maximum Gasteiger partial charge on any atom is 0.150 e. The van der Waals surface area contributed by atoms with Crippen LogP contribution in [0.4, 0.5) is 0 Å². The van der Waals surface area contributed by atoms with Gasteiger partial charge in [0.15, 0.2) is 7.38 Å². The first kappa shape index (κ1) is 12.2. The molecule has 0 N–H and O–H groups in total. The zero-order valence-electron chi connectivity index (χ0n) is 8.32. The van der Waals surface area contributed by atoms with Gasteiger partial charge in [-0.05, 0) is 19.4 Å². The van der Waals surface area contributed by atoms with Gasteiger partial charge in [0.05, 0.1) is 6.61 Å². The van der Waals surface area contributed by atoms with E-state index in [0.29, 0.717) is 6.61 Å². The van der Waals surface area contributed by atoms with Gasteiger partial charge in [-0.15, -0.1) is 0 Å². The van der Waals surface area contributed by atoms with Crippen molar-refractivity contribution < 1.29 is 4.74 Å². The predicted octanol–water partition coefficient (Wildman–Crippen LogP) is 3.41. The summed E-state index contributed by atoms with van der Waals surface area (Å²) in [5.41, 5.74) is 1.08. The van der Waals surface area contributed by atoms with Gasteiger partial charge in [-0.25, -0.2) is 0 Å². The molecule has 0 aromatic carbocycles. The molecule has 0 bridgehead atoms. The van der Waals surface area contributed by atoms with Crippen LogP contribution in [-0.2, 0) is 4.74 Å². The molecule has 0 saturated carbocycles.